The average Bonchev–Trinajstić information content (AvgIpc) is 3.47. The van der Waals surface area contributed by atoms with E-state index in [0.717, 1.165) is 13.1 Å². The van der Waals surface area contributed by atoms with E-state index in [4.69, 9.17) is 20.9 Å². The summed E-state index contributed by atoms with van der Waals surface area (Å²) in [4.78, 5) is 44.5. The molecule has 1 fully saturated rings. The quantitative estimate of drug-likeness (QED) is 0.199. The molecule has 0 saturated carbocycles. The zero-order valence-electron chi connectivity index (χ0n) is 24.6. The average molecular weight is 739 g/mol. The van der Waals surface area contributed by atoms with Crippen molar-refractivity contribution in [3.05, 3.63) is 70.8 Å². The van der Waals surface area contributed by atoms with Gasteiger partial charge in [0, 0.05) is 0 Å². The summed E-state index contributed by atoms with van der Waals surface area (Å²) in [5.74, 6) is -0.857. The van der Waals surface area contributed by atoms with Crippen molar-refractivity contribution in [2.75, 3.05) is 38.1 Å². The number of carbonyl (C=O) groups is 3. The van der Waals surface area contributed by atoms with Crippen LogP contribution in [0, 0.1) is 17.6 Å². The minimum absolute atomic E-state index is 0.0152. The topological polar surface area (TPSA) is 126 Å². The van der Waals surface area contributed by atoms with Gasteiger partial charge < -0.3 is 0 Å². The van der Waals surface area contributed by atoms with Gasteiger partial charge in [0.1, 0.15) is 0 Å². The first kappa shape index (κ1) is 33.7. The van der Waals surface area contributed by atoms with Crippen LogP contribution in [0.4, 0.5) is 24.2 Å². The molecular formula is C30H36ClF2N5O5Sn. The number of halogens is 3. The molecule has 0 bridgehead atoms. The second kappa shape index (κ2) is 15.7. The van der Waals surface area contributed by atoms with E-state index in [0.29, 0.717) is 35.1 Å². The molecule has 2 aromatic carbocycles. The van der Waals surface area contributed by atoms with E-state index in [2.05, 4.69) is 21.1 Å². The number of benzene rings is 2. The van der Waals surface area contributed by atoms with Crippen molar-refractivity contribution in [2.24, 2.45) is 5.92 Å². The number of rotatable bonds is 12. The molecule has 236 valence electrons. The number of nitrogens with zero attached hydrogens (tertiary/aromatic N) is 2. The van der Waals surface area contributed by atoms with Crippen LogP contribution in [0.15, 0.2) is 53.1 Å². The molecule has 0 aliphatic carbocycles. The van der Waals surface area contributed by atoms with Crippen LogP contribution in [-0.2, 0) is 16.1 Å². The van der Waals surface area contributed by atoms with Gasteiger partial charge in [-0.25, -0.2) is 4.39 Å². The van der Waals surface area contributed by atoms with Crippen molar-refractivity contribution >= 4 is 51.7 Å². The molecular weight excluding hydrogens is 703 g/mol. The fraction of sp³-hybridized carbons (Fsp3) is 0.400. The summed E-state index contributed by atoms with van der Waals surface area (Å²) >= 11 is 2.53. The van der Waals surface area contributed by atoms with Crippen molar-refractivity contribution in [3.8, 4) is 11.3 Å². The van der Waals surface area contributed by atoms with Crippen LogP contribution >= 0.6 is 11.6 Å². The molecule has 10 nitrogen and oxygen atoms in total. The van der Waals surface area contributed by atoms with Crippen molar-refractivity contribution in [1.29, 1.82) is 0 Å². The van der Waals surface area contributed by atoms with Gasteiger partial charge in [0.05, 0.1) is 0 Å². The van der Waals surface area contributed by atoms with Crippen LogP contribution in [0.3, 0.4) is 0 Å². The number of hydrogen-bond donors (Lipinski definition) is 3. The number of amides is 3. The molecule has 0 spiro atoms. The van der Waals surface area contributed by atoms with Crippen LogP contribution in [0.1, 0.15) is 18.4 Å². The third-order valence-electron chi connectivity index (χ3n) is 7.42. The Morgan fingerprint density at radius 2 is 1.89 bits per heavy atom. The number of hydrogen-bond acceptors (Lipinski definition) is 7. The molecule has 44 heavy (non-hydrogen) atoms. The number of anilines is 1. The molecule has 1 saturated heterocycles. The molecule has 3 N–H and O–H groups in total. The molecule has 14 heteroatoms. The first-order valence-electron chi connectivity index (χ1n) is 14.4. The Morgan fingerprint density at radius 1 is 1.14 bits per heavy atom. The molecule has 1 atom stereocenters. The van der Waals surface area contributed by atoms with Gasteiger partial charge in [-0.2, -0.15) is 0 Å². The third-order valence-corrected chi connectivity index (χ3v) is 16.4. The summed E-state index contributed by atoms with van der Waals surface area (Å²) in [6.45, 7) is 2.82. The molecule has 3 amide bonds. The minimum atomic E-state index is -3.52. The van der Waals surface area contributed by atoms with E-state index < -0.39 is 36.1 Å². The van der Waals surface area contributed by atoms with Crippen LogP contribution in [0.5, 0.6) is 0 Å². The van der Waals surface area contributed by atoms with Crippen molar-refractivity contribution in [2.45, 2.75) is 33.7 Å². The van der Waals surface area contributed by atoms with E-state index in [-0.39, 0.29) is 51.9 Å². The van der Waals surface area contributed by atoms with Crippen molar-refractivity contribution in [3.63, 3.8) is 0 Å². The van der Waals surface area contributed by atoms with Gasteiger partial charge in [-0.3, -0.25) is 0 Å². The third kappa shape index (κ3) is 9.63. The summed E-state index contributed by atoms with van der Waals surface area (Å²) in [6.07, 6.45) is -0.0772. The second-order valence-electron chi connectivity index (χ2n) is 11.3. The van der Waals surface area contributed by atoms with Gasteiger partial charge in [0.2, 0.25) is 0 Å². The molecule has 0 radical (unpaired) electrons. The first-order chi connectivity index (χ1) is 21.0. The summed E-state index contributed by atoms with van der Waals surface area (Å²) < 4.78 is 38.6. The predicted molar refractivity (Wildman–Crippen MR) is 165 cm³/mol. The molecule has 1 aliphatic heterocycles. The predicted octanol–water partition coefficient (Wildman–Crippen LogP) is 5.85. The van der Waals surface area contributed by atoms with Crippen LogP contribution in [0.25, 0.3) is 11.3 Å². The molecule has 1 aliphatic rings. The van der Waals surface area contributed by atoms with Crippen LogP contribution in [0.2, 0.25) is 19.3 Å². The van der Waals surface area contributed by atoms with Crippen molar-refractivity contribution in [1.82, 2.24) is 20.7 Å². The van der Waals surface area contributed by atoms with Gasteiger partial charge in [0.15, 0.2) is 0 Å². The summed E-state index contributed by atoms with van der Waals surface area (Å²) in [6, 6.07) is 11.7. The van der Waals surface area contributed by atoms with Gasteiger partial charge in [0.25, 0.3) is 0 Å². The Kier molecular flexibility index (Phi) is 12.0. The van der Waals surface area contributed by atoms with Crippen LogP contribution in [-0.4, -0.2) is 77.1 Å². The van der Waals surface area contributed by atoms with E-state index in [9.17, 15) is 23.2 Å². The Bertz CT molecular complexity index is 1470. The number of nitrogens with one attached hydrogen (secondary N) is 3. The SMILES string of the molecule is [CH3][Sn]([CH3])([CH2][C@@H](CCC(=O)N1CCNCC1)COC(=O)Nc1cc(-c2cccc(F)c2)on1)[C](=O)NCc1cccc(F)c1Cl. The molecule has 2 heterocycles. The summed E-state index contributed by atoms with van der Waals surface area (Å²) in [5, 5.41) is 12.4. The second-order valence-corrected chi connectivity index (χ2v) is 24.9. The van der Waals surface area contributed by atoms with Gasteiger partial charge in [-0.15, -0.1) is 0 Å². The van der Waals surface area contributed by atoms with Crippen molar-refractivity contribution < 1.29 is 32.4 Å². The zero-order chi connectivity index (χ0) is 31.7. The summed E-state index contributed by atoms with van der Waals surface area (Å²) in [5.41, 5.74) is 0.939. The Hall–Kier alpha value is -3.23. The normalized spacial score (nSPS) is 14.2. The zero-order valence-corrected chi connectivity index (χ0v) is 28.2. The van der Waals surface area contributed by atoms with Gasteiger partial charge in [-0.05, 0) is 6.07 Å². The van der Waals surface area contributed by atoms with Gasteiger partial charge >= 0.3 is 254 Å². The Labute approximate surface area is 263 Å². The molecule has 0 unspecified atom stereocenters. The number of ether oxygens (including phenoxy) is 1. The van der Waals surface area contributed by atoms with E-state index >= 15 is 0 Å². The number of aromatic nitrogens is 1. The Morgan fingerprint density at radius 3 is 2.64 bits per heavy atom. The fourth-order valence-electron chi connectivity index (χ4n) is 5.00. The van der Waals surface area contributed by atoms with E-state index in [1.165, 1.54) is 36.4 Å². The molecule has 4 rings (SSSR count). The fourth-order valence-corrected chi connectivity index (χ4v) is 12.4. The maximum atomic E-state index is 13.8. The first-order valence-corrected chi connectivity index (χ1v) is 23.9. The monoisotopic (exact) mass is 739 g/mol. The van der Waals surface area contributed by atoms with Gasteiger partial charge in [-0.1, -0.05) is 0 Å². The molecule has 3 aromatic rings. The van der Waals surface area contributed by atoms with Crippen LogP contribution < -0.4 is 16.0 Å². The maximum absolute atomic E-state index is 13.8. The Balaban J connectivity index is 1.36. The standard InChI is InChI=1S/C20H24FN4O4.C8H6ClFNO.2CH3.Sn/c1-14(5-6-19(26)25-9-7-22-8-10-25)13-28-20(27)23-18-12-17(29-24-18)15-3-2-4-16(21)11-15;9-8-6(4-11-5-12)2-1-3-7(8)10;;;/h2-4,11-12,14,22H,1,5-10,13H2,(H,23,24,27);1-3H,4H2,(H,11,12);2*1H3;/t14-;;;;/m0..../s1. The van der Waals surface area contributed by atoms with E-state index in [1.54, 1.807) is 12.1 Å². The summed E-state index contributed by atoms with van der Waals surface area (Å²) in [7, 11) is 0. The van der Waals surface area contributed by atoms with E-state index in [1.807, 2.05) is 14.8 Å². The number of piperazine rings is 1. The number of carbonyl (C=O) groups excluding carboxylic acids is 3. The molecule has 1 aromatic heterocycles.